The summed E-state index contributed by atoms with van der Waals surface area (Å²) in [6.07, 6.45) is 0. The van der Waals surface area contributed by atoms with E-state index in [0.29, 0.717) is 22.8 Å². The number of nitrogens with one attached hydrogen (secondary N) is 1. The van der Waals surface area contributed by atoms with Gasteiger partial charge in [-0.3, -0.25) is 4.79 Å². The molecule has 0 aliphatic carbocycles. The molecule has 0 fully saturated rings. The van der Waals surface area contributed by atoms with Crippen LogP contribution in [0.15, 0.2) is 65.8 Å². The minimum atomic E-state index is -0.248. The lowest BCUT2D eigenvalue weighted by Gasteiger charge is -2.10. The molecule has 0 radical (unpaired) electrons. The van der Waals surface area contributed by atoms with Crippen LogP contribution in [-0.2, 0) is 0 Å². The predicted octanol–water partition coefficient (Wildman–Crippen LogP) is 4.01. The summed E-state index contributed by atoms with van der Waals surface area (Å²) in [4.78, 5) is 12.6. The average Bonchev–Trinajstić information content (AvgIpc) is 2.70. The number of benzene rings is 3. The monoisotopic (exact) mass is 348 g/mol. The molecule has 1 amide bonds. The summed E-state index contributed by atoms with van der Waals surface area (Å²) in [5, 5.41) is 6.14. The van der Waals surface area contributed by atoms with Crippen LogP contribution >= 0.6 is 0 Å². The molecule has 0 saturated heterocycles. The summed E-state index contributed by atoms with van der Waals surface area (Å²) in [6, 6.07) is 18.9. The van der Waals surface area contributed by atoms with Crippen molar-refractivity contribution in [2.75, 3.05) is 14.2 Å². The van der Waals surface area contributed by atoms with E-state index in [4.69, 9.17) is 9.47 Å². The molecule has 3 aromatic rings. The van der Waals surface area contributed by atoms with Crippen LogP contribution in [0, 0.1) is 0 Å². The molecule has 0 saturated carbocycles. The first-order valence-electron chi connectivity index (χ1n) is 8.19. The maximum atomic E-state index is 12.6. The molecule has 0 heterocycles. The topological polar surface area (TPSA) is 59.9 Å². The van der Waals surface area contributed by atoms with Gasteiger partial charge in [-0.2, -0.15) is 5.10 Å². The second kappa shape index (κ2) is 7.70. The van der Waals surface area contributed by atoms with Gasteiger partial charge in [-0.15, -0.1) is 0 Å². The largest absolute Gasteiger partial charge is 0.493 e. The quantitative estimate of drug-likeness (QED) is 0.560. The Bertz CT molecular complexity index is 975. The van der Waals surface area contributed by atoms with E-state index < -0.39 is 0 Å². The molecule has 0 aliphatic rings. The first-order valence-corrected chi connectivity index (χ1v) is 8.19. The Balaban J connectivity index is 1.83. The van der Waals surface area contributed by atoms with Gasteiger partial charge in [0, 0.05) is 11.1 Å². The van der Waals surface area contributed by atoms with E-state index in [-0.39, 0.29) is 5.91 Å². The lowest BCUT2D eigenvalue weighted by molar-refractivity contribution is 0.0956. The molecule has 0 aliphatic heterocycles. The van der Waals surface area contributed by atoms with Crippen molar-refractivity contribution in [2.24, 2.45) is 5.10 Å². The Hall–Kier alpha value is -3.34. The molecule has 0 bridgehead atoms. The summed E-state index contributed by atoms with van der Waals surface area (Å²) in [5.41, 5.74) is 4.72. The van der Waals surface area contributed by atoms with Crippen LogP contribution in [-0.4, -0.2) is 25.8 Å². The van der Waals surface area contributed by atoms with Crippen molar-refractivity contribution >= 4 is 22.4 Å². The number of carbonyl (C=O) groups excluding carboxylic acids is 1. The molecule has 0 unspecified atom stereocenters. The SMILES string of the molecule is COc1ccc(/C(C)=N/NC(=O)c2cccc3ccccc23)cc1OC. The normalized spacial score (nSPS) is 11.3. The highest BCUT2D eigenvalue weighted by Gasteiger charge is 2.10. The maximum absolute atomic E-state index is 12.6. The van der Waals surface area contributed by atoms with E-state index in [1.807, 2.05) is 55.5 Å². The van der Waals surface area contributed by atoms with Gasteiger partial charge in [0.15, 0.2) is 11.5 Å². The Labute approximate surface area is 152 Å². The first-order chi connectivity index (χ1) is 12.6. The van der Waals surface area contributed by atoms with Crippen LogP contribution < -0.4 is 14.9 Å². The highest BCUT2D eigenvalue weighted by atomic mass is 16.5. The number of hydrogen-bond donors (Lipinski definition) is 1. The van der Waals surface area contributed by atoms with Gasteiger partial charge >= 0.3 is 0 Å². The number of hydrogen-bond acceptors (Lipinski definition) is 4. The third-order valence-electron chi connectivity index (χ3n) is 4.16. The second-order valence-corrected chi connectivity index (χ2v) is 5.73. The predicted molar refractivity (Wildman–Crippen MR) is 103 cm³/mol. The molecule has 26 heavy (non-hydrogen) atoms. The summed E-state index contributed by atoms with van der Waals surface area (Å²) < 4.78 is 10.5. The molecule has 0 aromatic heterocycles. The third-order valence-corrected chi connectivity index (χ3v) is 4.16. The number of carbonyl (C=O) groups is 1. The second-order valence-electron chi connectivity index (χ2n) is 5.73. The number of hydrazone groups is 1. The van der Waals surface area contributed by atoms with Gasteiger partial charge in [-0.1, -0.05) is 36.4 Å². The van der Waals surface area contributed by atoms with Crippen molar-refractivity contribution in [3.8, 4) is 11.5 Å². The average molecular weight is 348 g/mol. The Kier molecular flexibility index (Phi) is 5.17. The fourth-order valence-corrected chi connectivity index (χ4v) is 2.74. The van der Waals surface area contributed by atoms with Gasteiger partial charge in [0.2, 0.25) is 0 Å². The standard InChI is InChI=1S/C21H20N2O3/c1-14(16-11-12-19(25-2)20(13-16)26-3)22-23-21(24)18-10-6-8-15-7-4-5-9-17(15)18/h4-13H,1-3H3,(H,23,24)/b22-14+. The van der Waals surface area contributed by atoms with Crippen LogP contribution in [0.4, 0.5) is 0 Å². The zero-order valence-corrected chi connectivity index (χ0v) is 14.9. The van der Waals surface area contributed by atoms with Gasteiger partial charge < -0.3 is 9.47 Å². The zero-order valence-electron chi connectivity index (χ0n) is 14.9. The van der Waals surface area contributed by atoms with Crippen LogP contribution in [0.1, 0.15) is 22.8 Å². The molecule has 5 heteroatoms. The highest BCUT2D eigenvalue weighted by Crippen LogP contribution is 2.27. The Morgan fingerprint density at radius 3 is 2.42 bits per heavy atom. The number of amides is 1. The molecule has 0 spiro atoms. The highest BCUT2D eigenvalue weighted by molar-refractivity contribution is 6.08. The summed E-state index contributed by atoms with van der Waals surface area (Å²) >= 11 is 0. The van der Waals surface area contributed by atoms with E-state index in [9.17, 15) is 4.79 Å². The molecular weight excluding hydrogens is 328 g/mol. The van der Waals surface area contributed by atoms with Gasteiger partial charge in [0.1, 0.15) is 0 Å². The fourth-order valence-electron chi connectivity index (χ4n) is 2.74. The van der Waals surface area contributed by atoms with Crippen molar-refractivity contribution in [2.45, 2.75) is 6.92 Å². The van der Waals surface area contributed by atoms with Crippen LogP contribution in [0.5, 0.6) is 11.5 Å². The molecular formula is C21H20N2O3. The lowest BCUT2D eigenvalue weighted by atomic mass is 10.0. The van der Waals surface area contributed by atoms with Gasteiger partial charge in [-0.25, -0.2) is 5.43 Å². The minimum Gasteiger partial charge on any atom is -0.493 e. The van der Waals surface area contributed by atoms with E-state index >= 15 is 0 Å². The molecule has 3 rings (SSSR count). The van der Waals surface area contributed by atoms with Crippen molar-refractivity contribution in [1.29, 1.82) is 0 Å². The van der Waals surface area contributed by atoms with Crippen LogP contribution in [0.2, 0.25) is 0 Å². The lowest BCUT2D eigenvalue weighted by Crippen LogP contribution is -2.19. The smallest absolute Gasteiger partial charge is 0.272 e. The van der Waals surface area contributed by atoms with Crippen molar-refractivity contribution < 1.29 is 14.3 Å². The zero-order chi connectivity index (χ0) is 18.5. The van der Waals surface area contributed by atoms with E-state index in [0.717, 1.165) is 16.3 Å². The van der Waals surface area contributed by atoms with Gasteiger partial charge in [0.25, 0.3) is 5.91 Å². The molecule has 1 N–H and O–H groups in total. The van der Waals surface area contributed by atoms with Crippen molar-refractivity contribution in [3.63, 3.8) is 0 Å². The number of rotatable bonds is 5. The Morgan fingerprint density at radius 2 is 1.65 bits per heavy atom. The molecule has 3 aromatic carbocycles. The summed E-state index contributed by atoms with van der Waals surface area (Å²) in [6.45, 7) is 1.82. The summed E-state index contributed by atoms with van der Waals surface area (Å²) in [7, 11) is 3.17. The maximum Gasteiger partial charge on any atom is 0.272 e. The molecule has 5 nitrogen and oxygen atoms in total. The Morgan fingerprint density at radius 1 is 0.923 bits per heavy atom. The van der Waals surface area contributed by atoms with Crippen molar-refractivity contribution in [3.05, 3.63) is 71.8 Å². The van der Waals surface area contributed by atoms with Crippen LogP contribution in [0.3, 0.4) is 0 Å². The van der Waals surface area contributed by atoms with E-state index in [1.54, 1.807) is 26.4 Å². The number of nitrogens with zero attached hydrogens (tertiary/aromatic N) is 1. The van der Waals surface area contributed by atoms with E-state index in [2.05, 4.69) is 10.5 Å². The van der Waals surface area contributed by atoms with E-state index in [1.165, 1.54) is 0 Å². The van der Waals surface area contributed by atoms with Gasteiger partial charge in [0.05, 0.1) is 19.9 Å². The number of ether oxygens (including phenoxy) is 2. The fraction of sp³-hybridized carbons (Fsp3) is 0.143. The first kappa shape index (κ1) is 17.5. The molecule has 0 atom stereocenters. The third kappa shape index (κ3) is 3.52. The van der Waals surface area contributed by atoms with Crippen LogP contribution in [0.25, 0.3) is 10.8 Å². The minimum absolute atomic E-state index is 0.248. The summed E-state index contributed by atoms with van der Waals surface area (Å²) in [5.74, 6) is 1.00. The number of methoxy groups -OCH3 is 2. The van der Waals surface area contributed by atoms with Crippen molar-refractivity contribution in [1.82, 2.24) is 5.43 Å². The number of fused-ring (bicyclic) bond motifs is 1. The molecule has 132 valence electrons. The van der Waals surface area contributed by atoms with Gasteiger partial charge in [-0.05, 0) is 42.0 Å².